The fourth-order valence-corrected chi connectivity index (χ4v) is 1.95. The van der Waals surface area contributed by atoms with E-state index in [9.17, 15) is 5.11 Å². The second-order valence-corrected chi connectivity index (χ2v) is 4.72. The highest BCUT2D eigenvalue weighted by Crippen LogP contribution is 2.23. The van der Waals surface area contributed by atoms with E-state index in [-0.39, 0.29) is 12.4 Å². The molecule has 2 aromatic carbocycles. The molecule has 0 heterocycles. The Balaban J connectivity index is 2.06. The largest absolute Gasteiger partial charge is 0.508 e. The summed E-state index contributed by atoms with van der Waals surface area (Å²) in [6, 6.07) is 12.4. The smallest absolute Gasteiger partial charge is 0.120 e. The van der Waals surface area contributed by atoms with Crippen LogP contribution in [0.25, 0.3) is 0 Å². The Bertz CT molecular complexity index is 540. The van der Waals surface area contributed by atoms with Crippen LogP contribution < -0.4 is 4.74 Å². The molecule has 0 bridgehead atoms. The minimum Gasteiger partial charge on any atom is -0.508 e. The molecule has 0 amide bonds. The molecule has 4 heteroatoms. The Kier molecular flexibility index (Phi) is 4.23. The molecule has 94 valence electrons. The number of aliphatic hydroxyl groups excluding tert-OH is 1. The first-order chi connectivity index (χ1) is 8.69. The average molecular weight is 309 g/mol. The van der Waals surface area contributed by atoms with Gasteiger partial charge in [0.05, 0.1) is 6.61 Å². The lowest BCUT2D eigenvalue weighted by atomic mass is 10.2. The van der Waals surface area contributed by atoms with Crippen LogP contribution in [0.3, 0.4) is 0 Å². The summed E-state index contributed by atoms with van der Waals surface area (Å²) in [5.41, 5.74) is 1.67. The topological polar surface area (TPSA) is 49.7 Å². The Morgan fingerprint density at radius 1 is 1.11 bits per heavy atom. The van der Waals surface area contributed by atoms with E-state index >= 15 is 0 Å². The van der Waals surface area contributed by atoms with Crippen molar-refractivity contribution >= 4 is 15.9 Å². The first kappa shape index (κ1) is 12.9. The molecule has 18 heavy (non-hydrogen) atoms. The van der Waals surface area contributed by atoms with Gasteiger partial charge in [-0.2, -0.15) is 0 Å². The van der Waals surface area contributed by atoms with Gasteiger partial charge in [0.2, 0.25) is 0 Å². The number of rotatable bonds is 4. The number of aliphatic hydroxyl groups is 1. The van der Waals surface area contributed by atoms with E-state index in [1.165, 1.54) is 0 Å². The lowest BCUT2D eigenvalue weighted by Crippen LogP contribution is -1.96. The molecule has 2 N–H and O–H groups in total. The van der Waals surface area contributed by atoms with Crippen molar-refractivity contribution in [2.75, 3.05) is 0 Å². The molecule has 0 aliphatic heterocycles. The summed E-state index contributed by atoms with van der Waals surface area (Å²) < 4.78 is 6.46. The number of aromatic hydroxyl groups is 1. The minimum atomic E-state index is -0.0378. The molecule has 2 rings (SSSR count). The second-order valence-electron chi connectivity index (χ2n) is 3.87. The van der Waals surface area contributed by atoms with Gasteiger partial charge in [-0.1, -0.05) is 28.1 Å². The van der Waals surface area contributed by atoms with Crippen LogP contribution in [0.1, 0.15) is 11.1 Å². The molecule has 0 spiro atoms. The highest BCUT2D eigenvalue weighted by molar-refractivity contribution is 9.10. The monoisotopic (exact) mass is 308 g/mol. The molecule has 3 nitrogen and oxygen atoms in total. The highest BCUT2D eigenvalue weighted by Gasteiger charge is 2.02. The van der Waals surface area contributed by atoms with Gasteiger partial charge in [0.1, 0.15) is 18.1 Å². The Hall–Kier alpha value is -1.52. The predicted molar refractivity (Wildman–Crippen MR) is 72.5 cm³/mol. The maximum Gasteiger partial charge on any atom is 0.120 e. The van der Waals surface area contributed by atoms with Gasteiger partial charge in [0, 0.05) is 4.47 Å². The van der Waals surface area contributed by atoms with Crippen molar-refractivity contribution in [3.05, 3.63) is 58.1 Å². The van der Waals surface area contributed by atoms with Gasteiger partial charge in [-0.15, -0.1) is 0 Å². The summed E-state index contributed by atoms with van der Waals surface area (Å²) in [4.78, 5) is 0. The molecule has 0 aromatic heterocycles. The lowest BCUT2D eigenvalue weighted by Gasteiger charge is -2.09. The number of hydrogen-bond donors (Lipinski definition) is 2. The highest BCUT2D eigenvalue weighted by atomic mass is 79.9. The first-order valence-electron chi connectivity index (χ1n) is 5.49. The Labute approximate surface area is 114 Å². The number of hydrogen-bond acceptors (Lipinski definition) is 3. The van der Waals surface area contributed by atoms with Gasteiger partial charge in [-0.3, -0.25) is 0 Å². The number of halogens is 1. The van der Waals surface area contributed by atoms with Crippen molar-refractivity contribution in [3.63, 3.8) is 0 Å². The van der Waals surface area contributed by atoms with Gasteiger partial charge >= 0.3 is 0 Å². The van der Waals surface area contributed by atoms with Gasteiger partial charge in [-0.25, -0.2) is 0 Å². The van der Waals surface area contributed by atoms with Gasteiger partial charge < -0.3 is 14.9 Å². The maximum atomic E-state index is 9.33. The molecule has 0 saturated heterocycles. The third kappa shape index (κ3) is 3.24. The molecule has 0 unspecified atom stereocenters. The fraction of sp³-hybridized carbons (Fsp3) is 0.143. The van der Waals surface area contributed by atoms with Crippen LogP contribution in [0.2, 0.25) is 0 Å². The molecule has 0 saturated carbocycles. The van der Waals surface area contributed by atoms with Gasteiger partial charge in [0.15, 0.2) is 0 Å². The summed E-state index contributed by atoms with van der Waals surface area (Å²) in [7, 11) is 0. The quantitative estimate of drug-likeness (QED) is 0.911. The summed E-state index contributed by atoms with van der Waals surface area (Å²) in [5, 5.41) is 18.5. The van der Waals surface area contributed by atoms with Crippen molar-refractivity contribution in [3.8, 4) is 11.5 Å². The third-order valence-corrected chi connectivity index (χ3v) is 3.28. The maximum absolute atomic E-state index is 9.33. The Morgan fingerprint density at radius 3 is 2.67 bits per heavy atom. The van der Waals surface area contributed by atoms with E-state index < -0.39 is 0 Å². The SMILES string of the molecule is OCc1cc(OCc2cccc(O)c2)ccc1Br. The van der Waals surface area contributed by atoms with E-state index in [4.69, 9.17) is 9.84 Å². The molecular weight excluding hydrogens is 296 g/mol. The Morgan fingerprint density at radius 2 is 1.94 bits per heavy atom. The van der Waals surface area contributed by atoms with E-state index in [1.54, 1.807) is 24.3 Å². The first-order valence-corrected chi connectivity index (χ1v) is 6.28. The predicted octanol–water partition coefficient (Wildman–Crippen LogP) is 3.23. The number of phenolic OH excluding ortho intramolecular Hbond substituents is 1. The molecule has 0 radical (unpaired) electrons. The molecule has 0 fully saturated rings. The van der Waals surface area contributed by atoms with Crippen molar-refractivity contribution in [1.29, 1.82) is 0 Å². The standard InChI is InChI=1S/C14H13BrO3/c15-14-5-4-13(7-11(14)8-16)18-9-10-2-1-3-12(17)6-10/h1-7,16-17H,8-9H2. The van der Waals surface area contributed by atoms with Crippen molar-refractivity contribution < 1.29 is 14.9 Å². The zero-order valence-corrected chi connectivity index (χ0v) is 11.2. The molecular formula is C14H13BrO3. The lowest BCUT2D eigenvalue weighted by molar-refractivity contribution is 0.277. The zero-order chi connectivity index (χ0) is 13.0. The third-order valence-electron chi connectivity index (χ3n) is 2.50. The van der Waals surface area contributed by atoms with Crippen LogP contribution in [-0.2, 0) is 13.2 Å². The zero-order valence-electron chi connectivity index (χ0n) is 9.64. The van der Waals surface area contributed by atoms with Crippen molar-refractivity contribution in [1.82, 2.24) is 0 Å². The average Bonchev–Trinajstić information content (AvgIpc) is 2.38. The van der Waals surface area contributed by atoms with E-state index in [2.05, 4.69) is 15.9 Å². The number of phenols is 1. The van der Waals surface area contributed by atoms with Crippen LogP contribution in [0.4, 0.5) is 0 Å². The molecule has 0 aliphatic rings. The van der Waals surface area contributed by atoms with E-state index in [1.807, 2.05) is 18.2 Å². The van der Waals surface area contributed by atoms with E-state index in [0.29, 0.717) is 12.4 Å². The van der Waals surface area contributed by atoms with Crippen LogP contribution in [-0.4, -0.2) is 10.2 Å². The molecule has 2 aromatic rings. The van der Waals surface area contributed by atoms with E-state index in [0.717, 1.165) is 15.6 Å². The van der Waals surface area contributed by atoms with Gasteiger partial charge in [-0.05, 0) is 41.5 Å². The fourth-order valence-electron chi connectivity index (χ4n) is 1.57. The second kappa shape index (κ2) is 5.89. The van der Waals surface area contributed by atoms with Crippen LogP contribution >= 0.6 is 15.9 Å². The summed E-state index contributed by atoms with van der Waals surface area (Å²) in [6.07, 6.45) is 0. The summed E-state index contributed by atoms with van der Waals surface area (Å²) in [6.45, 7) is 0.338. The van der Waals surface area contributed by atoms with Gasteiger partial charge in [0.25, 0.3) is 0 Å². The van der Waals surface area contributed by atoms with Crippen LogP contribution in [0.15, 0.2) is 46.9 Å². The molecule has 0 atom stereocenters. The van der Waals surface area contributed by atoms with Crippen molar-refractivity contribution in [2.45, 2.75) is 13.2 Å². The normalized spacial score (nSPS) is 10.3. The van der Waals surface area contributed by atoms with Crippen LogP contribution in [0.5, 0.6) is 11.5 Å². The summed E-state index contributed by atoms with van der Waals surface area (Å²) >= 11 is 3.35. The van der Waals surface area contributed by atoms with Crippen LogP contribution in [0, 0.1) is 0 Å². The minimum absolute atomic E-state index is 0.0378. The van der Waals surface area contributed by atoms with Crippen molar-refractivity contribution in [2.24, 2.45) is 0 Å². The number of benzene rings is 2. The number of ether oxygens (including phenoxy) is 1. The summed E-state index contributed by atoms with van der Waals surface area (Å²) in [5.74, 6) is 0.911. The molecule has 0 aliphatic carbocycles.